The summed E-state index contributed by atoms with van der Waals surface area (Å²) in [5, 5.41) is 0. The highest BCUT2D eigenvalue weighted by Gasteiger charge is 2.24. The van der Waals surface area contributed by atoms with Crippen LogP contribution in [0.1, 0.15) is 80.2 Å². The third-order valence-electron chi connectivity index (χ3n) is 9.71. The van der Waals surface area contributed by atoms with Crippen LogP contribution in [0, 0.1) is 18.8 Å². The molecule has 0 bridgehead atoms. The van der Waals surface area contributed by atoms with E-state index in [1.54, 1.807) is 0 Å². The molecule has 0 saturated carbocycles. The smallest absolute Gasteiger partial charge is 0.00842 e. The molecule has 0 N–H and O–H groups in total. The number of hydrogen-bond donors (Lipinski definition) is 0. The van der Waals surface area contributed by atoms with E-state index in [-0.39, 0.29) is 0 Å². The van der Waals surface area contributed by atoms with E-state index < -0.39 is 0 Å². The molecule has 0 saturated heterocycles. The summed E-state index contributed by atoms with van der Waals surface area (Å²) in [6.07, 6.45) is 20.5. The van der Waals surface area contributed by atoms with Gasteiger partial charge in [0.2, 0.25) is 0 Å². The van der Waals surface area contributed by atoms with Gasteiger partial charge in [-0.15, -0.1) is 0 Å². The number of benzene rings is 4. The minimum Gasteiger partial charge on any atom is -0.0991 e. The van der Waals surface area contributed by atoms with Gasteiger partial charge in [-0.2, -0.15) is 0 Å². The van der Waals surface area contributed by atoms with Gasteiger partial charge in [-0.05, 0) is 106 Å². The van der Waals surface area contributed by atoms with Crippen LogP contribution in [-0.4, -0.2) is 0 Å². The first-order chi connectivity index (χ1) is 22.4. The molecule has 0 fully saturated rings. The first kappa shape index (κ1) is 33.0. The van der Waals surface area contributed by atoms with Gasteiger partial charge in [0.25, 0.3) is 0 Å². The Morgan fingerprint density at radius 2 is 1.43 bits per heavy atom. The Morgan fingerprint density at radius 3 is 2.09 bits per heavy atom. The molecule has 0 aliphatic heterocycles. The Balaban J connectivity index is 1.42. The Kier molecular flexibility index (Phi) is 11.3. The summed E-state index contributed by atoms with van der Waals surface area (Å²) < 4.78 is 0. The SMILES string of the molecule is C=C/C=C\C=C(/CCC)c1cc(-c2ccc(C)cc2)cc(-c2ccc(CC(C)C(C)c3ccccc3C3C=CC=CC3C)cc2)c1. The van der Waals surface area contributed by atoms with Crippen molar-refractivity contribution in [1.29, 1.82) is 0 Å². The van der Waals surface area contributed by atoms with Crippen molar-refractivity contribution in [1.82, 2.24) is 0 Å². The second kappa shape index (κ2) is 15.7. The van der Waals surface area contributed by atoms with Crippen molar-refractivity contribution >= 4 is 5.57 Å². The molecule has 0 heterocycles. The van der Waals surface area contributed by atoms with Crippen LogP contribution in [0.2, 0.25) is 0 Å². The molecule has 4 atom stereocenters. The molecule has 0 radical (unpaired) electrons. The van der Waals surface area contributed by atoms with Crippen molar-refractivity contribution < 1.29 is 0 Å². The first-order valence-corrected chi connectivity index (χ1v) is 17.1. The molecule has 46 heavy (non-hydrogen) atoms. The maximum Gasteiger partial charge on any atom is 0.00842 e. The Hall–Kier alpha value is -4.42. The maximum atomic E-state index is 3.85. The highest BCUT2D eigenvalue weighted by molar-refractivity contribution is 5.80. The summed E-state index contributed by atoms with van der Waals surface area (Å²) in [5.41, 5.74) is 13.3. The zero-order chi connectivity index (χ0) is 32.5. The average molecular weight is 603 g/mol. The van der Waals surface area contributed by atoms with Crippen LogP contribution in [0.3, 0.4) is 0 Å². The molecule has 0 spiro atoms. The third-order valence-corrected chi connectivity index (χ3v) is 9.71. The van der Waals surface area contributed by atoms with Gasteiger partial charge in [-0.1, -0.05) is 168 Å². The summed E-state index contributed by atoms with van der Waals surface area (Å²) in [6.45, 7) is 15.4. The van der Waals surface area contributed by atoms with Gasteiger partial charge in [0.15, 0.2) is 0 Å². The Labute approximate surface area is 278 Å². The molecule has 4 aromatic rings. The summed E-state index contributed by atoms with van der Waals surface area (Å²) in [5.74, 6) is 1.95. The lowest BCUT2D eigenvalue weighted by Crippen LogP contribution is -2.15. The molecule has 4 aromatic carbocycles. The van der Waals surface area contributed by atoms with Gasteiger partial charge in [-0.3, -0.25) is 0 Å². The highest BCUT2D eigenvalue weighted by Crippen LogP contribution is 2.38. The van der Waals surface area contributed by atoms with E-state index in [4.69, 9.17) is 0 Å². The van der Waals surface area contributed by atoms with Crippen LogP contribution >= 0.6 is 0 Å². The maximum absolute atomic E-state index is 3.85. The molecule has 0 aromatic heterocycles. The molecule has 0 amide bonds. The fraction of sp³-hybridized carbons (Fsp3) is 0.261. The van der Waals surface area contributed by atoms with Crippen molar-refractivity contribution in [3.63, 3.8) is 0 Å². The fourth-order valence-corrected chi connectivity index (χ4v) is 6.76. The topological polar surface area (TPSA) is 0 Å². The van der Waals surface area contributed by atoms with Crippen LogP contribution in [0.15, 0.2) is 146 Å². The van der Waals surface area contributed by atoms with Gasteiger partial charge in [0.1, 0.15) is 0 Å². The molecule has 4 unspecified atom stereocenters. The monoisotopic (exact) mass is 602 g/mol. The molecule has 5 rings (SSSR count). The Morgan fingerprint density at radius 1 is 0.783 bits per heavy atom. The second-order valence-corrected chi connectivity index (χ2v) is 13.2. The minimum absolute atomic E-state index is 0.446. The van der Waals surface area contributed by atoms with E-state index in [2.05, 4.69) is 169 Å². The molecular weight excluding hydrogens is 553 g/mol. The molecule has 1 aliphatic rings. The predicted molar refractivity (Wildman–Crippen MR) is 202 cm³/mol. The van der Waals surface area contributed by atoms with Gasteiger partial charge in [0, 0.05) is 5.92 Å². The van der Waals surface area contributed by atoms with Gasteiger partial charge < -0.3 is 0 Å². The normalized spacial score (nSPS) is 17.7. The second-order valence-electron chi connectivity index (χ2n) is 13.2. The summed E-state index contributed by atoms with van der Waals surface area (Å²) >= 11 is 0. The van der Waals surface area contributed by atoms with Crippen LogP contribution in [0.25, 0.3) is 27.8 Å². The average Bonchev–Trinajstić information content (AvgIpc) is 3.08. The van der Waals surface area contributed by atoms with E-state index in [0.717, 1.165) is 19.3 Å². The summed E-state index contributed by atoms with van der Waals surface area (Å²) in [4.78, 5) is 0. The van der Waals surface area contributed by atoms with Crippen LogP contribution in [0.4, 0.5) is 0 Å². The zero-order valence-electron chi connectivity index (χ0n) is 28.4. The lowest BCUT2D eigenvalue weighted by molar-refractivity contribution is 0.478. The number of aryl methyl sites for hydroxylation is 1. The molecule has 1 aliphatic carbocycles. The predicted octanol–water partition coefficient (Wildman–Crippen LogP) is 13.1. The van der Waals surface area contributed by atoms with Crippen molar-refractivity contribution in [3.05, 3.63) is 174 Å². The molecule has 0 nitrogen and oxygen atoms in total. The van der Waals surface area contributed by atoms with Crippen molar-refractivity contribution in [3.8, 4) is 22.3 Å². The van der Waals surface area contributed by atoms with Crippen molar-refractivity contribution in [2.24, 2.45) is 11.8 Å². The summed E-state index contributed by atoms with van der Waals surface area (Å²) in [7, 11) is 0. The van der Waals surface area contributed by atoms with Crippen LogP contribution < -0.4 is 0 Å². The highest BCUT2D eigenvalue weighted by atomic mass is 14.3. The van der Waals surface area contributed by atoms with Crippen molar-refractivity contribution in [2.45, 2.75) is 65.7 Å². The quantitative estimate of drug-likeness (QED) is 0.142. The van der Waals surface area contributed by atoms with E-state index in [9.17, 15) is 0 Å². The lowest BCUT2D eigenvalue weighted by atomic mass is 9.76. The fourth-order valence-electron chi connectivity index (χ4n) is 6.76. The van der Waals surface area contributed by atoms with Gasteiger partial charge in [-0.25, -0.2) is 0 Å². The van der Waals surface area contributed by atoms with E-state index >= 15 is 0 Å². The standard InChI is InChI=1S/C46H50/c1-7-9-10-17-38(15-8-2)41-30-42(39-25-21-33(3)22-26-39)32-43(31-41)40-27-23-37(24-28-40)29-35(5)36(6)45-19-13-14-20-46(45)44-18-12-11-16-34(44)4/h7,9-14,16-28,30-32,34-36,44H,1,8,15,29H2,2-6H3/b10-9-,38-17+. The number of hydrogen-bond acceptors (Lipinski definition) is 0. The largest absolute Gasteiger partial charge is 0.0991 e. The number of allylic oxidation sites excluding steroid dienone is 9. The molecule has 0 heteroatoms. The van der Waals surface area contributed by atoms with E-state index in [0.29, 0.717) is 23.7 Å². The lowest BCUT2D eigenvalue weighted by Gasteiger charge is -2.28. The van der Waals surface area contributed by atoms with Crippen molar-refractivity contribution in [2.75, 3.05) is 0 Å². The van der Waals surface area contributed by atoms with Crippen LogP contribution in [0.5, 0.6) is 0 Å². The summed E-state index contributed by atoms with van der Waals surface area (Å²) in [6, 6.07) is 34.4. The van der Waals surface area contributed by atoms with Gasteiger partial charge in [0.05, 0.1) is 0 Å². The third kappa shape index (κ3) is 8.04. The molecule has 234 valence electrons. The van der Waals surface area contributed by atoms with Crippen LogP contribution in [-0.2, 0) is 6.42 Å². The Bertz CT molecular complexity index is 1720. The van der Waals surface area contributed by atoms with Gasteiger partial charge >= 0.3 is 0 Å². The number of rotatable bonds is 12. The molecular formula is C46H50. The first-order valence-electron chi connectivity index (χ1n) is 17.1. The zero-order valence-corrected chi connectivity index (χ0v) is 28.4. The van der Waals surface area contributed by atoms with E-state index in [1.165, 1.54) is 55.6 Å². The van der Waals surface area contributed by atoms with E-state index in [1.807, 2.05) is 12.2 Å². The minimum atomic E-state index is 0.446.